The van der Waals surface area contributed by atoms with Crippen LogP contribution in [0.1, 0.15) is 37.3 Å². The number of hydrogen-bond acceptors (Lipinski definition) is 3. The third-order valence-electron chi connectivity index (χ3n) is 4.61. The summed E-state index contributed by atoms with van der Waals surface area (Å²) in [6, 6.07) is 6.05. The second-order valence-electron chi connectivity index (χ2n) is 6.37. The Morgan fingerprint density at radius 3 is 3.00 bits per heavy atom. The molecular formula is C18H28N2O2. The van der Waals surface area contributed by atoms with E-state index in [9.17, 15) is 4.79 Å². The van der Waals surface area contributed by atoms with Gasteiger partial charge in [-0.1, -0.05) is 19.1 Å². The van der Waals surface area contributed by atoms with Crippen molar-refractivity contribution < 1.29 is 9.53 Å². The molecule has 4 nitrogen and oxygen atoms in total. The van der Waals surface area contributed by atoms with Crippen LogP contribution in [0.3, 0.4) is 0 Å². The summed E-state index contributed by atoms with van der Waals surface area (Å²) in [5.41, 5.74) is 2.18. The zero-order valence-electron chi connectivity index (χ0n) is 13.9. The van der Waals surface area contributed by atoms with Crippen molar-refractivity contribution in [1.29, 1.82) is 0 Å². The molecule has 1 heterocycles. The molecule has 1 fully saturated rings. The standard InChI is InChI=1S/C18H28N2O2/c1-13-6-7-15(10-17(13)22-3)11-20-18(21)9-14(2)16-5-4-8-19-12-16/h6-7,10,14,16,19H,4-5,8-9,11-12H2,1-3H3,(H,20,21). The van der Waals surface area contributed by atoms with Gasteiger partial charge in [-0.2, -0.15) is 0 Å². The van der Waals surface area contributed by atoms with E-state index in [0.717, 1.165) is 30.0 Å². The van der Waals surface area contributed by atoms with E-state index in [0.29, 0.717) is 24.8 Å². The van der Waals surface area contributed by atoms with Crippen molar-refractivity contribution in [2.24, 2.45) is 11.8 Å². The average molecular weight is 304 g/mol. The number of amides is 1. The summed E-state index contributed by atoms with van der Waals surface area (Å²) in [4.78, 5) is 12.1. The molecular weight excluding hydrogens is 276 g/mol. The molecule has 0 bridgehead atoms. The van der Waals surface area contributed by atoms with Crippen LogP contribution in [0.5, 0.6) is 5.75 Å². The molecule has 4 heteroatoms. The van der Waals surface area contributed by atoms with Crippen LogP contribution in [-0.4, -0.2) is 26.1 Å². The Morgan fingerprint density at radius 2 is 2.32 bits per heavy atom. The highest BCUT2D eigenvalue weighted by molar-refractivity contribution is 5.76. The number of nitrogens with one attached hydrogen (secondary N) is 2. The molecule has 22 heavy (non-hydrogen) atoms. The first-order valence-electron chi connectivity index (χ1n) is 8.21. The molecule has 2 atom stereocenters. The van der Waals surface area contributed by atoms with Crippen LogP contribution in [0.15, 0.2) is 18.2 Å². The predicted octanol–water partition coefficient (Wildman–Crippen LogP) is 2.65. The first-order chi connectivity index (χ1) is 10.6. The minimum atomic E-state index is 0.137. The van der Waals surface area contributed by atoms with E-state index in [1.165, 1.54) is 12.8 Å². The minimum absolute atomic E-state index is 0.137. The molecule has 122 valence electrons. The zero-order valence-corrected chi connectivity index (χ0v) is 13.9. The van der Waals surface area contributed by atoms with Crippen LogP contribution in [0.25, 0.3) is 0 Å². The Balaban J connectivity index is 1.79. The van der Waals surface area contributed by atoms with Crippen molar-refractivity contribution >= 4 is 5.91 Å². The molecule has 1 aliphatic rings. The molecule has 0 radical (unpaired) electrons. The summed E-state index contributed by atoms with van der Waals surface area (Å²) in [5, 5.41) is 6.44. The van der Waals surface area contributed by atoms with Gasteiger partial charge in [-0.15, -0.1) is 0 Å². The van der Waals surface area contributed by atoms with Crippen molar-refractivity contribution in [1.82, 2.24) is 10.6 Å². The number of ether oxygens (including phenoxy) is 1. The summed E-state index contributed by atoms with van der Waals surface area (Å²) < 4.78 is 5.32. The lowest BCUT2D eigenvalue weighted by Gasteiger charge is -2.28. The van der Waals surface area contributed by atoms with Crippen LogP contribution in [0.4, 0.5) is 0 Å². The Kier molecular flexibility index (Phi) is 6.25. The van der Waals surface area contributed by atoms with Crippen molar-refractivity contribution in [2.45, 2.75) is 39.7 Å². The minimum Gasteiger partial charge on any atom is -0.496 e. The van der Waals surface area contributed by atoms with E-state index >= 15 is 0 Å². The Hall–Kier alpha value is -1.55. The molecule has 0 spiro atoms. The maximum atomic E-state index is 12.1. The van der Waals surface area contributed by atoms with Gasteiger partial charge in [0.2, 0.25) is 5.91 Å². The molecule has 0 aromatic heterocycles. The highest BCUT2D eigenvalue weighted by atomic mass is 16.5. The lowest BCUT2D eigenvalue weighted by molar-refractivity contribution is -0.122. The fourth-order valence-corrected chi connectivity index (χ4v) is 3.07. The number of carbonyl (C=O) groups is 1. The van der Waals surface area contributed by atoms with Gasteiger partial charge in [0, 0.05) is 13.0 Å². The number of aryl methyl sites for hydroxylation is 1. The second kappa shape index (κ2) is 8.18. The lowest BCUT2D eigenvalue weighted by Crippen LogP contribution is -2.35. The summed E-state index contributed by atoms with van der Waals surface area (Å²) >= 11 is 0. The van der Waals surface area contributed by atoms with E-state index in [1.54, 1.807) is 7.11 Å². The van der Waals surface area contributed by atoms with E-state index in [4.69, 9.17) is 4.74 Å². The number of benzene rings is 1. The van der Waals surface area contributed by atoms with E-state index in [2.05, 4.69) is 17.6 Å². The predicted molar refractivity (Wildman–Crippen MR) is 89.0 cm³/mol. The highest BCUT2D eigenvalue weighted by Crippen LogP contribution is 2.22. The first kappa shape index (κ1) is 16.8. The Bertz CT molecular complexity index is 496. The first-order valence-corrected chi connectivity index (χ1v) is 8.21. The van der Waals surface area contributed by atoms with Crippen LogP contribution >= 0.6 is 0 Å². The monoisotopic (exact) mass is 304 g/mol. The summed E-state index contributed by atoms with van der Waals surface area (Å²) in [6.07, 6.45) is 3.06. The topological polar surface area (TPSA) is 50.4 Å². The molecule has 1 aromatic rings. The molecule has 1 amide bonds. The molecule has 2 unspecified atom stereocenters. The van der Waals surface area contributed by atoms with Gasteiger partial charge in [0.1, 0.15) is 5.75 Å². The van der Waals surface area contributed by atoms with Crippen LogP contribution < -0.4 is 15.4 Å². The largest absolute Gasteiger partial charge is 0.496 e. The number of rotatable bonds is 6. The van der Waals surface area contributed by atoms with Crippen LogP contribution in [0, 0.1) is 18.8 Å². The Morgan fingerprint density at radius 1 is 1.50 bits per heavy atom. The average Bonchev–Trinajstić information content (AvgIpc) is 2.55. The maximum absolute atomic E-state index is 12.1. The maximum Gasteiger partial charge on any atom is 0.220 e. The third-order valence-corrected chi connectivity index (χ3v) is 4.61. The molecule has 0 saturated carbocycles. The van der Waals surface area contributed by atoms with Gasteiger partial charge in [-0.25, -0.2) is 0 Å². The fourth-order valence-electron chi connectivity index (χ4n) is 3.07. The van der Waals surface area contributed by atoms with Gasteiger partial charge in [0.25, 0.3) is 0 Å². The van der Waals surface area contributed by atoms with Gasteiger partial charge in [0.15, 0.2) is 0 Å². The number of carbonyl (C=O) groups excluding carboxylic acids is 1. The van der Waals surface area contributed by atoms with Gasteiger partial charge in [-0.3, -0.25) is 4.79 Å². The highest BCUT2D eigenvalue weighted by Gasteiger charge is 2.21. The number of piperidine rings is 1. The van der Waals surface area contributed by atoms with Gasteiger partial charge < -0.3 is 15.4 Å². The van der Waals surface area contributed by atoms with Crippen molar-refractivity contribution in [2.75, 3.05) is 20.2 Å². The van der Waals surface area contributed by atoms with Gasteiger partial charge in [-0.05, 0) is 61.9 Å². The molecule has 0 aliphatic carbocycles. The van der Waals surface area contributed by atoms with Crippen LogP contribution in [-0.2, 0) is 11.3 Å². The molecule has 1 aromatic carbocycles. The van der Waals surface area contributed by atoms with Crippen LogP contribution in [0.2, 0.25) is 0 Å². The summed E-state index contributed by atoms with van der Waals surface area (Å²) in [5.74, 6) is 2.06. The van der Waals surface area contributed by atoms with E-state index in [-0.39, 0.29) is 5.91 Å². The van der Waals surface area contributed by atoms with Crippen molar-refractivity contribution in [3.63, 3.8) is 0 Å². The lowest BCUT2D eigenvalue weighted by atomic mass is 9.85. The summed E-state index contributed by atoms with van der Waals surface area (Å²) in [6.45, 7) is 6.92. The molecule has 1 aliphatic heterocycles. The van der Waals surface area contributed by atoms with E-state index in [1.807, 2.05) is 25.1 Å². The second-order valence-corrected chi connectivity index (χ2v) is 6.37. The molecule has 1 saturated heterocycles. The normalized spacial score (nSPS) is 19.5. The van der Waals surface area contributed by atoms with Crippen molar-refractivity contribution in [3.05, 3.63) is 29.3 Å². The van der Waals surface area contributed by atoms with Gasteiger partial charge in [0.05, 0.1) is 7.11 Å². The van der Waals surface area contributed by atoms with E-state index < -0.39 is 0 Å². The SMILES string of the molecule is COc1cc(CNC(=O)CC(C)C2CCCNC2)ccc1C. The zero-order chi connectivity index (χ0) is 15.9. The molecule has 2 rings (SSSR count). The smallest absolute Gasteiger partial charge is 0.220 e. The fraction of sp³-hybridized carbons (Fsp3) is 0.611. The summed E-state index contributed by atoms with van der Waals surface area (Å²) in [7, 11) is 1.67. The Labute approximate surface area is 133 Å². The molecule has 2 N–H and O–H groups in total. The van der Waals surface area contributed by atoms with Gasteiger partial charge >= 0.3 is 0 Å². The third kappa shape index (κ3) is 4.73. The quantitative estimate of drug-likeness (QED) is 0.849. The number of hydrogen-bond donors (Lipinski definition) is 2. The van der Waals surface area contributed by atoms with Crippen molar-refractivity contribution in [3.8, 4) is 5.75 Å². The number of methoxy groups -OCH3 is 1.